The summed E-state index contributed by atoms with van der Waals surface area (Å²) in [6.07, 6.45) is 4.93. The van der Waals surface area contributed by atoms with Gasteiger partial charge in [-0.2, -0.15) is 0 Å². The molecule has 2 heterocycles. The summed E-state index contributed by atoms with van der Waals surface area (Å²) in [5.74, 6) is 2.07. The second-order valence-electron chi connectivity index (χ2n) is 8.19. The van der Waals surface area contributed by atoms with Crippen molar-refractivity contribution in [1.29, 1.82) is 0 Å². The van der Waals surface area contributed by atoms with Crippen molar-refractivity contribution in [3.8, 4) is 5.75 Å². The Morgan fingerprint density at radius 2 is 2.04 bits per heavy atom. The van der Waals surface area contributed by atoms with Crippen LogP contribution in [-0.2, 0) is 14.9 Å². The average molecular weight is 411 g/mol. The molecule has 2 atom stereocenters. The first kappa shape index (κ1) is 23.0. The van der Waals surface area contributed by atoms with Crippen molar-refractivity contribution < 1.29 is 14.3 Å². The lowest BCUT2D eigenvalue weighted by molar-refractivity contribution is -0.122. The molecule has 5 nitrogen and oxygen atoms in total. The summed E-state index contributed by atoms with van der Waals surface area (Å²) in [6.45, 7) is 6.53. The van der Waals surface area contributed by atoms with E-state index in [2.05, 4.69) is 29.7 Å². The maximum atomic E-state index is 12.6. The van der Waals surface area contributed by atoms with Crippen LogP contribution in [0.3, 0.4) is 0 Å². The zero-order chi connectivity index (χ0) is 19.1. The van der Waals surface area contributed by atoms with Crippen molar-refractivity contribution in [3.63, 3.8) is 0 Å². The highest BCUT2D eigenvalue weighted by molar-refractivity contribution is 5.85. The molecule has 0 saturated carbocycles. The number of methoxy groups -OCH3 is 1. The number of nitrogens with one attached hydrogen (secondary N) is 2. The van der Waals surface area contributed by atoms with Gasteiger partial charge < -0.3 is 20.1 Å². The van der Waals surface area contributed by atoms with Crippen molar-refractivity contribution in [2.75, 3.05) is 40.0 Å². The van der Waals surface area contributed by atoms with Crippen LogP contribution in [0.1, 0.15) is 44.6 Å². The predicted octanol–water partition coefficient (Wildman–Crippen LogP) is 3.31. The Labute approximate surface area is 175 Å². The smallest absolute Gasteiger partial charge is 0.220 e. The molecule has 0 aliphatic carbocycles. The minimum atomic E-state index is -0.0458. The van der Waals surface area contributed by atoms with E-state index < -0.39 is 0 Å². The number of hydrogen-bond donors (Lipinski definition) is 2. The second kappa shape index (κ2) is 11.0. The van der Waals surface area contributed by atoms with Gasteiger partial charge in [-0.3, -0.25) is 4.79 Å². The van der Waals surface area contributed by atoms with Gasteiger partial charge in [-0.25, -0.2) is 0 Å². The van der Waals surface area contributed by atoms with Gasteiger partial charge in [0.2, 0.25) is 5.91 Å². The molecular weight excluding hydrogens is 376 g/mol. The quantitative estimate of drug-likeness (QED) is 0.724. The van der Waals surface area contributed by atoms with Crippen LogP contribution >= 0.6 is 12.4 Å². The monoisotopic (exact) mass is 410 g/mol. The maximum absolute atomic E-state index is 12.6. The fourth-order valence-electron chi connectivity index (χ4n) is 4.44. The molecule has 0 aromatic heterocycles. The summed E-state index contributed by atoms with van der Waals surface area (Å²) < 4.78 is 10.9. The first-order valence-corrected chi connectivity index (χ1v) is 10.3. The van der Waals surface area contributed by atoms with Crippen LogP contribution in [0.5, 0.6) is 5.75 Å². The molecule has 0 spiro atoms. The number of ether oxygens (including phenoxy) is 2. The van der Waals surface area contributed by atoms with Gasteiger partial charge in [0.05, 0.1) is 7.11 Å². The molecule has 3 rings (SSSR count). The lowest BCUT2D eigenvalue weighted by Gasteiger charge is -2.38. The molecule has 0 radical (unpaired) electrons. The molecule has 1 amide bonds. The molecule has 1 aromatic carbocycles. The minimum Gasteiger partial charge on any atom is -0.497 e. The van der Waals surface area contributed by atoms with Gasteiger partial charge in [0.25, 0.3) is 0 Å². The fraction of sp³-hybridized carbons (Fsp3) is 0.682. The Balaban J connectivity index is 0.00000280. The van der Waals surface area contributed by atoms with Gasteiger partial charge in [-0.15, -0.1) is 12.4 Å². The summed E-state index contributed by atoms with van der Waals surface area (Å²) in [7, 11) is 1.68. The Morgan fingerprint density at radius 1 is 1.32 bits per heavy atom. The maximum Gasteiger partial charge on any atom is 0.220 e. The predicted molar refractivity (Wildman–Crippen MR) is 114 cm³/mol. The van der Waals surface area contributed by atoms with E-state index in [9.17, 15) is 4.79 Å². The molecule has 0 bridgehead atoms. The van der Waals surface area contributed by atoms with Crippen molar-refractivity contribution in [3.05, 3.63) is 29.8 Å². The van der Waals surface area contributed by atoms with Crippen molar-refractivity contribution >= 4 is 18.3 Å². The third-order valence-electron chi connectivity index (χ3n) is 6.42. The molecular formula is C22H35ClN2O3. The normalized spacial score (nSPS) is 22.6. The van der Waals surface area contributed by atoms with E-state index in [1.807, 2.05) is 12.1 Å². The average Bonchev–Trinajstić information content (AvgIpc) is 2.73. The van der Waals surface area contributed by atoms with E-state index in [-0.39, 0.29) is 23.7 Å². The highest BCUT2D eigenvalue weighted by Gasteiger charge is 2.35. The molecule has 2 aliphatic rings. The molecule has 1 aromatic rings. The molecule has 2 unspecified atom stereocenters. The van der Waals surface area contributed by atoms with Crippen molar-refractivity contribution in [2.24, 2.45) is 11.8 Å². The lowest BCUT2D eigenvalue weighted by atomic mass is 9.74. The number of hydrogen-bond acceptors (Lipinski definition) is 4. The molecule has 6 heteroatoms. The summed E-state index contributed by atoms with van der Waals surface area (Å²) in [6, 6.07) is 8.28. The molecule has 2 N–H and O–H groups in total. The SMILES string of the molecule is COc1ccc(C2(CNC(=O)CC(C)C3CCCNC3)CCOCC2)cc1.Cl. The number of carbonyl (C=O) groups is 1. The van der Waals surface area contributed by atoms with Crippen molar-refractivity contribution in [1.82, 2.24) is 10.6 Å². The summed E-state index contributed by atoms with van der Waals surface area (Å²) in [5, 5.41) is 6.70. The van der Waals surface area contributed by atoms with Crippen molar-refractivity contribution in [2.45, 2.75) is 44.4 Å². The number of amides is 1. The standard InChI is InChI=1S/C22H34N2O3.ClH/c1-17(18-4-3-11-23-15-18)14-21(25)24-16-22(9-12-27-13-10-22)19-5-7-20(26-2)8-6-19;/h5-8,17-18,23H,3-4,9-16H2,1-2H3,(H,24,25);1H. The van der Waals surface area contributed by atoms with Gasteiger partial charge in [-0.1, -0.05) is 19.1 Å². The Bertz CT molecular complexity index is 596. The van der Waals surface area contributed by atoms with E-state index in [0.717, 1.165) is 44.9 Å². The van der Waals surface area contributed by atoms with E-state index in [4.69, 9.17) is 9.47 Å². The lowest BCUT2D eigenvalue weighted by Crippen LogP contribution is -2.45. The Morgan fingerprint density at radius 3 is 2.64 bits per heavy atom. The molecule has 158 valence electrons. The van der Waals surface area contributed by atoms with Crippen LogP contribution < -0.4 is 15.4 Å². The molecule has 2 aliphatic heterocycles. The molecule has 2 saturated heterocycles. The first-order chi connectivity index (χ1) is 13.1. The summed E-state index contributed by atoms with van der Waals surface area (Å²) in [5.41, 5.74) is 1.21. The van der Waals surface area contributed by atoms with Gasteiger partial charge in [-0.05, 0) is 68.3 Å². The van der Waals surface area contributed by atoms with Crippen LogP contribution in [0, 0.1) is 11.8 Å². The van der Waals surface area contributed by atoms with Gasteiger partial charge in [0.15, 0.2) is 0 Å². The third-order valence-corrected chi connectivity index (χ3v) is 6.42. The number of piperidine rings is 1. The van der Waals surface area contributed by atoms with Gasteiger partial charge in [0, 0.05) is 31.6 Å². The van der Waals surface area contributed by atoms with E-state index in [0.29, 0.717) is 24.8 Å². The summed E-state index contributed by atoms with van der Waals surface area (Å²) in [4.78, 5) is 12.6. The summed E-state index contributed by atoms with van der Waals surface area (Å²) >= 11 is 0. The Kier molecular flexibility index (Phi) is 9.06. The number of carbonyl (C=O) groups excluding carboxylic acids is 1. The largest absolute Gasteiger partial charge is 0.497 e. The third kappa shape index (κ3) is 5.85. The van der Waals surface area contributed by atoms with E-state index in [1.54, 1.807) is 7.11 Å². The fourth-order valence-corrected chi connectivity index (χ4v) is 4.44. The van der Waals surface area contributed by atoms with Gasteiger partial charge >= 0.3 is 0 Å². The second-order valence-corrected chi connectivity index (χ2v) is 8.19. The number of benzene rings is 1. The van der Waals surface area contributed by atoms with Crippen LogP contribution in [0.2, 0.25) is 0 Å². The van der Waals surface area contributed by atoms with Gasteiger partial charge in [0.1, 0.15) is 5.75 Å². The zero-order valence-corrected chi connectivity index (χ0v) is 18.0. The highest BCUT2D eigenvalue weighted by atomic mass is 35.5. The molecule has 28 heavy (non-hydrogen) atoms. The van der Waals surface area contributed by atoms with Crippen LogP contribution in [0.4, 0.5) is 0 Å². The number of rotatable bonds is 7. The topological polar surface area (TPSA) is 59.6 Å². The number of halogens is 1. The van der Waals surface area contributed by atoms with E-state index in [1.165, 1.54) is 18.4 Å². The van der Waals surface area contributed by atoms with Crippen LogP contribution in [-0.4, -0.2) is 45.9 Å². The first-order valence-electron chi connectivity index (χ1n) is 10.3. The van der Waals surface area contributed by atoms with Crippen LogP contribution in [0.25, 0.3) is 0 Å². The minimum absolute atomic E-state index is 0. The van der Waals surface area contributed by atoms with Crippen LogP contribution in [0.15, 0.2) is 24.3 Å². The highest BCUT2D eigenvalue weighted by Crippen LogP contribution is 2.35. The molecule has 2 fully saturated rings. The zero-order valence-electron chi connectivity index (χ0n) is 17.2. The Hall–Kier alpha value is -1.30. The van der Waals surface area contributed by atoms with E-state index >= 15 is 0 Å².